The van der Waals surface area contributed by atoms with E-state index < -0.39 is 0 Å². The van der Waals surface area contributed by atoms with Crippen molar-refractivity contribution in [3.8, 4) is 5.75 Å². The van der Waals surface area contributed by atoms with E-state index in [1.807, 2.05) is 30.3 Å². The predicted octanol–water partition coefficient (Wildman–Crippen LogP) is 5.91. The molecule has 0 fully saturated rings. The smallest absolute Gasteiger partial charge is 0.308 e. The fraction of sp³-hybridized carbons (Fsp3) is 0.136. The van der Waals surface area contributed by atoms with Gasteiger partial charge in [0.1, 0.15) is 5.75 Å². The molecule has 0 bridgehead atoms. The molecular weight excluding hydrogens is 390 g/mol. The maximum Gasteiger partial charge on any atom is 0.308 e. The summed E-state index contributed by atoms with van der Waals surface area (Å²) in [7, 11) is 0. The topological polar surface area (TPSA) is 42.1 Å². The van der Waals surface area contributed by atoms with E-state index in [1.54, 1.807) is 0 Å². The number of hydrogen-bond donors (Lipinski definition) is 1. The Kier molecular flexibility index (Phi) is 4.29. The Balaban J connectivity index is 1.93. The third-order valence-electron chi connectivity index (χ3n) is 4.68. The maximum absolute atomic E-state index is 11.6. The average molecular weight is 408 g/mol. The van der Waals surface area contributed by atoms with Crippen LogP contribution in [0.2, 0.25) is 0 Å². The van der Waals surface area contributed by atoms with Crippen molar-refractivity contribution in [2.24, 2.45) is 0 Å². The van der Waals surface area contributed by atoms with Gasteiger partial charge in [0.05, 0.1) is 0 Å². The highest BCUT2D eigenvalue weighted by molar-refractivity contribution is 9.10. The van der Waals surface area contributed by atoms with Crippen molar-refractivity contribution in [3.63, 3.8) is 0 Å². The van der Waals surface area contributed by atoms with Crippen molar-refractivity contribution in [1.29, 1.82) is 0 Å². The van der Waals surface area contributed by atoms with Crippen LogP contribution in [0.5, 0.6) is 5.75 Å². The Bertz CT molecular complexity index is 1140. The van der Waals surface area contributed by atoms with E-state index in [0.29, 0.717) is 12.2 Å². The van der Waals surface area contributed by atoms with Crippen molar-refractivity contribution in [2.75, 3.05) is 0 Å². The molecule has 4 rings (SSSR count). The fourth-order valence-electron chi connectivity index (χ4n) is 3.52. The Morgan fingerprint density at radius 3 is 2.65 bits per heavy atom. The molecule has 4 aromatic rings. The molecule has 130 valence electrons. The molecule has 0 aliphatic rings. The summed E-state index contributed by atoms with van der Waals surface area (Å²) in [5, 5.41) is 3.41. The first-order valence-corrected chi connectivity index (χ1v) is 9.28. The van der Waals surface area contributed by atoms with E-state index in [2.05, 4.69) is 52.1 Å². The van der Waals surface area contributed by atoms with Gasteiger partial charge in [-0.15, -0.1) is 0 Å². The van der Waals surface area contributed by atoms with Crippen LogP contribution in [0.4, 0.5) is 0 Å². The van der Waals surface area contributed by atoms with Crippen molar-refractivity contribution in [1.82, 2.24) is 4.98 Å². The van der Waals surface area contributed by atoms with E-state index in [1.165, 1.54) is 17.9 Å². The number of fused-ring (bicyclic) bond motifs is 2. The molecule has 26 heavy (non-hydrogen) atoms. The highest BCUT2D eigenvalue weighted by Gasteiger charge is 2.16. The molecule has 4 heteroatoms. The summed E-state index contributed by atoms with van der Waals surface area (Å²) >= 11 is 3.53. The van der Waals surface area contributed by atoms with Crippen molar-refractivity contribution >= 4 is 43.6 Å². The lowest BCUT2D eigenvalue weighted by atomic mass is 9.96. The van der Waals surface area contributed by atoms with Gasteiger partial charge >= 0.3 is 5.97 Å². The first-order valence-electron chi connectivity index (χ1n) is 8.48. The number of hydrogen-bond acceptors (Lipinski definition) is 2. The van der Waals surface area contributed by atoms with E-state index in [9.17, 15) is 4.79 Å². The molecule has 1 N–H and O–H groups in total. The van der Waals surface area contributed by atoms with Crippen LogP contribution < -0.4 is 4.74 Å². The minimum Gasteiger partial charge on any atom is -0.426 e. The molecular formula is C22H18BrNO2. The monoisotopic (exact) mass is 407 g/mol. The van der Waals surface area contributed by atoms with Gasteiger partial charge in [0.25, 0.3) is 0 Å². The minimum absolute atomic E-state index is 0.307. The summed E-state index contributed by atoms with van der Waals surface area (Å²) < 4.78 is 6.55. The van der Waals surface area contributed by atoms with Gasteiger partial charge in [0.2, 0.25) is 0 Å². The number of nitrogens with one attached hydrogen (secondary N) is 1. The number of rotatable bonds is 3. The highest BCUT2D eigenvalue weighted by atomic mass is 79.9. The van der Waals surface area contributed by atoms with E-state index in [-0.39, 0.29) is 5.97 Å². The van der Waals surface area contributed by atoms with Crippen molar-refractivity contribution in [3.05, 3.63) is 75.9 Å². The molecule has 1 aromatic heterocycles. The second-order valence-electron chi connectivity index (χ2n) is 6.45. The molecule has 0 amide bonds. The molecule has 0 spiro atoms. The van der Waals surface area contributed by atoms with Gasteiger partial charge in [-0.05, 0) is 47.5 Å². The minimum atomic E-state index is -0.307. The second kappa shape index (κ2) is 6.61. The first kappa shape index (κ1) is 16.9. The lowest BCUT2D eigenvalue weighted by Gasteiger charge is -2.13. The zero-order valence-corrected chi connectivity index (χ0v) is 16.2. The molecule has 0 unspecified atom stereocenters. The molecule has 0 aliphatic heterocycles. The van der Waals surface area contributed by atoms with Crippen LogP contribution in [0.3, 0.4) is 0 Å². The number of esters is 1. The van der Waals surface area contributed by atoms with E-state index in [0.717, 1.165) is 32.0 Å². The van der Waals surface area contributed by atoms with Crippen LogP contribution >= 0.6 is 15.9 Å². The van der Waals surface area contributed by atoms with E-state index >= 15 is 0 Å². The number of carbonyl (C=O) groups is 1. The number of aromatic amines is 1. The van der Waals surface area contributed by atoms with Gasteiger partial charge in [0.15, 0.2) is 0 Å². The number of benzene rings is 3. The summed E-state index contributed by atoms with van der Waals surface area (Å²) in [5.41, 5.74) is 4.51. The number of halogens is 1. The molecule has 3 aromatic carbocycles. The fourth-order valence-corrected chi connectivity index (χ4v) is 3.90. The summed E-state index contributed by atoms with van der Waals surface area (Å²) in [5.74, 6) is 0.315. The van der Waals surface area contributed by atoms with Gasteiger partial charge in [-0.25, -0.2) is 0 Å². The van der Waals surface area contributed by atoms with Crippen LogP contribution in [0.15, 0.2) is 59.1 Å². The number of para-hydroxylation sites is 1. The van der Waals surface area contributed by atoms with E-state index in [4.69, 9.17) is 4.74 Å². The number of aryl methyl sites for hydroxylation is 1. The normalized spacial score (nSPS) is 11.2. The SMILES string of the molecule is CC(=O)Oc1ccc2cc(Br)ccc2c1Cc1c(C)[nH]c2ccccc12. The van der Waals surface area contributed by atoms with Gasteiger partial charge in [-0.1, -0.05) is 46.3 Å². The standard InChI is InChI=1S/C22H18BrNO2/c1-13-19(18-5-3-4-6-21(18)24-13)12-20-17-9-8-16(23)11-15(17)7-10-22(20)26-14(2)25/h3-11,24H,12H2,1-2H3. The predicted molar refractivity (Wildman–Crippen MR) is 109 cm³/mol. The summed E-state index contributed by atoms with van der Waals surface area (Å²) in [6.45, 7) is 3.52. The second-order valence-corrected chi connectivity index (χ2v) is 7.37. The van der Waals surface area contributed by atoms with Gasteiger partial charge in [-0.2, -0.15) is 0 Å². The summed E-state index contributed by atoms with van der Waals surface area (Å²) in [4.78, 5) is 15.1. The maximum atomic E-state index is 11.6. The third-order valence-corrected chi connectivity index (χ3v) is 5.18. The van der Waals surface area contributed by atoms with Crippen LogP contribution in [0, 0.1) is 6.92 Å². The van der Waals surface area contributed by atoms with Gasteiger partial charge in [-0.3, -0.25) is 4.79 Å². The molecule has 0 radical (unpaired) electrons. The van der Waals surface area contributed by atoms with Gasteiger partial charge in [0, 0.05) is 40.0 Å². The molecule has 0 atom stereocenters. The van der Waals surface area contributed by atoms with Crippen LogP contribution in [-0.2, 0) is 11.2 Å². The summed E-state index contributed by atoms with van der Waals surface area (Å²) in [6, 6.07) is 18.3. The van der Waals surface area contributed by atoms with Crippen molar-refractivity contribution in [2.45, 2.75) is 20.3 Å². The number of aromatic nitrogens is 1. The lowest BCUT2D eigenvalue weighted by Crippen LogP contribution is -2.05. The zero-order chi connectivity index (χ0) is 18.3. The number of H-pyrrole nitrogens is 1. The zero-order valence-electron chi connectivity index (χ0n) is 14.6. The lowest BCUT2D eigenvalue weighted by molar-refractivity contribution is -0.131. The first-order chi connectivity index (χ1) is 12.5. The van der Waals surface area contributed by atoms with Crippen LogP contribution in [0.1, 0.15) is 23.7 Å². The molecule has 0 saturated carbocycles. The van der Waals surface area contributed by atoms with Crippen LogP contribution in [-0.4, -0.2) is 11.0 Å². The number of carbonyl (C=O) groups excluding carboxylic acids is 1. The Morgan fingerprint density at radius 2 is 1.85 bits per heavy atom. The Hall–Kier alpha value is -2.59. The average Bonchev–Trinajstić information content (AvgIpc) is 2.92. The van der Waals surface area contributed by atoms with Crippen LogP contribution in [0.25, 0.3) is 21.7 Å². The molecule has 3 nitrogen and oxygen atoms in total. The largest absolute Gasteiger partial charge is 0.426 e. The quantitative estimate of drug-likeness (QED) is 0.338. The third kappa shape index (κ3) is 3.01. The Labute approximate surface area is 160 Å². The molecule has 0 saturated heterocycles. The highest BCUT2D eigenvalue weighted by Crippen LogP contribution is 2.34. The molecule has 1 heterocycles. The Morgan fingerprint density at radius 1 is 1.04 bits per heavy atom. The van der Waals surface area contributed by atoms with Gasteiger partial charge < -0.3 is 9.72 Å². The number of ether oxygens (including phenoxy) is 1. The molecule has 0 aliphatic carbocycles. The van der Waals surface area contributed by atoms with Crippen molar-refractivity contribution < 1.29 is 9.53 Å². The summed E-state index contributed by atoms with van der Waals surface area (Å²) in [6.07, 6.45) is 0.692.